The summed E-state index contributed by atoms with van der Waals surface area (Å²) in [6.07, 6.45) is 7.57. The summed E-state index contributed by atoms with van der Waals surface area (Å²) in [7, 11) is 0. The third kappa shape index (κ3) is 3.28. The van der Waals surface area contributed by atoms with Gasteiger partial charge in [-0.05, 0) is 25.0 Å². The lowest BCUT2D eigenvalue weighted by Gasteiger charge is -2.37. The minimum Gasteiger partial charge on any atom is -0.397 e. The van der Waals surface area contributed by atoms with E-state index in [-0.39, 0.29) is 5.92 Å². The van der Waals surface area contributed by atoms with Crippen LogP contribution in [0, 0.1) is 5.92 Å². The summed E-state index contributed by atoms with van der Waals surface area (Å²) in [4.78, 5) is 21.1. The summed E-state index contributed by atoms with van der Waals surface area (Å²) < 4.78 is 0. The maximum Gasteiger partial charge on any atom is 0.225 e. The molecule has 1 amide bonds. The van der Waals surface area contributed by atoms with Crippen LogP contribution in [0.2, 0.25) is 0 Å². The standard InChI is InChI=1S/C16H24N4O/c17-14-6-7-15(18-12-14)19-8-10-20(11-9-19)16(21)13-4-2-1-3-5-13/h6-7,12-13H,1-5,8-11,17H2. The Bertz CT molecular complexity index is 474. The molecule has 1 aliphatic carbocycles. The van der Waals surface area contributed by atoms with Crippen molar-refractivity contribution in [1.29, 1.82) is 0 Å². The van der Waals surface area contributed by atoms with E-state index in [1.54, 1.807) is 6.20 Å². The van der Waals surface area contributed by atoms with Crippen molar-refractivity contribution in [2.45, 2.75) is 32.1 Å². The minimum atomic E-state index is 0.278. The Kier molecular flexibility index (Phi) is 4.27. The number of amides is 1. The fraction of sp³-hybridized carbons (Fsp3) is 0.625. The Hall–Kier alpha value is -1.78. The second-order valence-corrected chi connectivity index (χ2v) is 6.10. The van der Waals surface area contributed by atoms with Crippen molar-refractivity contribution in [3.8, 4) is 0 Å². The van der Waals surface area contributed by atoms with Crippen molar-refractivity contribution in [3.63, 3.8) is 0 Å². The van der Waals surface area contributed by atoms with Crippen LogP contribution in [0.4, 0.5) is 11.5 Å². The van der Waals surface area contributed by atoms with Crippen LogP contribution in [0.15, 0.2) is 18.3 Å². The fourth-order valence-electron chi connectivity index (χ4n) is 3.35. The summed E-state index contributed by atoms with van der Waals surface area (Å²) in [5, 5.41) is 0. The minimum absolute atomic E-state index is 0.278. The van der Waals surface area contributed by atoms with Crippen LogP contribution < -0.4 is 10.6 Å². The van der Waals surface area contributed by atoms with E-state index in [1.165, 1.54) is 19.3 Å². The second-order valence-electron chi connectivity index (χ2n) is 6.10. The van der Waals surface area contributed by atoms with E-state index in [2.05, 4.69) is 9.88 Å². The highest BCUT2D eigenvalue weighted by molar-refractivity contribution is 5.79. The Balaban J connectivity index is 1.54. The molecule has 0 unspecified atom stereocenters. The van der Waals surface area contributed by atoms with E-state index in [0.29, 0.717) is 11.6 Å². The van der Waals surface area contributed by atoms with E-state index in [1.807, 2.05) is 17.0 Å². The summed E-state index contributed by atoms with van der Waals surface area (Å²) >= 11 is 0. The maximum atomic E-state index is 12.5. The van der Waals surface area contributed by atoms with Crippen LogP contribution in [-0.4, -0.2) is 42.0 Å². The molecule has 1 aromatic heterocycles. The van der Waals surface area contributed by atoms with Gasteiger partial charge >= 0.3 is 0 Å². The van der Waals surface area contributed by atoms with Crippen LogP contribution in [0.25, 0.3) is 0 Å². The number of piperazine rings is 1. The normalized spacial score (nSPS) is 20.6. The molecule has 5 nitrogen and oxygen atoms in total. The van der Waals surface area contributed by atoms with Gasteiger partial charge in [-0.2, -0.15) is 0 Å². The van der Waals surface area contributed by atoms with Gasteiger partial charge in [-0.15, -0.1) is 0 Å². The van der Waals surface area contributed by atoms with Gasteiger partial charge in [-0.1, -0.05) is 19.3 Å². The van der Waals surface area contributed by atoms with Crippen molar-refractivity contribution >= 4 is 17.4 Å². The van der Waals surface area contributed by atoms with Gasteiger partial charge in [0.05, 0.1) is 11.9 Å². The lowest BCUT2D eigenvalue weighted by atomic mass is 9.88. The molecule has 1 aromatic rings. The molecule has 0 aromatic carbocycles. The van der Waals surface area contributed by atoms with Crippen molar-refractivity contribution in [2.75, 3.05) is 36.8 Å². The van der Waals surface area contributed by atoms with Gasteiger partial charge in [0.15, 0.2) is 0 Å². The molecule has 1 saturated heterocycles. The maximum absolute atomic E-state index is 12.5. The number of aromatic nitrogens is 1. The molecule has 2 N–H and O–H groups in total. The molecule has 114 valence electrons. The molecular weight excluding hydrogens is 264 g/mol. The first-order chi connectivity index (χ1) is 10.2. The summed E-state index contributed by atoms with van der Waals surface area (Å²) in [6.45, 7) is 3.33. The third-order valence-electron chi connectivity index (χ3n) is 4.64. The quantitative estimate of drug-likeness (QED) is 0.902. The molecule has 0 spiro atoms. The van der Waals surface area contributed by atoms with Gasteiger partial charge in [-0.25, -0.2) is 4.98 Å². The molecule has 0 bridgehead atoms. The number of hydrogen-bond donors (Lipinski definition) is 1. The van der Waals surface area contributed by atoms with Gasteiger partial charge in [0.2, 0.25) is 5.91 Å². The van der Waals surface area contributed by atoms with Gasteiger partial charge in [0.25, 0.3) is 0 Å². The van der Waals surface area contributed by atoms with E-state index < -0.39 is 0 Å². The average molecular weight is 288 g/mol. The second kappa shape index (κ2) is 6.33. The lowest BCUT2D eigenvalue weighted by Crippen LogP contribution is -2.50. The van der Waals surface area contributed by atoms with Crippen LogP contribution in [0.3, 0.4) is 0 Å². The molecule has 1 aliphatic heterocycles. The van der Waals surface area contributed by atoms with Gasteiger partial charge < -0.3 is 15.5 Å². The zero-order chi connectivity index (χ0) is 14.7. The van der Waals surface area contributed by atoms with Crippen molar-refractivity contribution < 1.29 is 4.79 Å². The van der Waals surface area contributed by atoms with Crippen molar-refractivity contribution in [1.82, 2.24) is 9.88 Å². The SMILES string of the molecule is Nc1ccc(N2CCN(C(=O)C3CCCCC3)CC2)nc1. The van der Waals surface area contributed by atoms with Crippen molar-refractivity contribution in [2.24, 2.45) is 5.92 Å². The Morgan fingerprint density at radius 1 is 1.10 bits per heavy atom. The summed E-state index contributed by atoms with van der Waals surface area (Å²) in [5.74, 6) is 1.61. The number of nitrogen functional groups attached to an aromatic ring is 1. The Morgan fingerprint density at radius 3 is 2.43 bits per heavy atom. The van der Waals surface area contributed by atoms with Crippen LogP contribution >= 0.6 is 0 Å². The van der Waals surface area contributed by atoms with Crippen LogP contribution in [-0.2, 0) is 4.79 Å². The Morgan fingerprint density at radius 2 is 1.81 bits per heavy atom. The first-order valence-electron chi connectivity index (χ1n) is 7.99. The summed E-state index contributed by atoms with van der Waals surface area (Å²) in [5.41, 5.74) is 6.35. The first-order valence-corrected chi connectivity index (χ1v) is 7.99. The predicted molar refractivity (Wildman–Crippen MR) is 84.0 cm³/mol. The molecule has 5 heteroatoms. The van der Waals surface area contributed by atoms with E-state index in [0.717, 1.165) is 44.8 Å². The zero-order valence-corrected chi connectivity index (χ0v) is 12.5. The van der Waals surface area contributed by atoms with Crippen molar-refractivity contribution in [3.05, 3.63) is 18.3 Å². The molecule has 2 aliphatic rings. The number of nitrogens with zero attached hydrogens (tertiary/aromatic N) is 3. The lowest BCUT2D eigenvalue weighted by molar-refractivity contribution is -0.136. The molecule has 2 heterocycles. The first kappa shape index (κ1) is 14.2. The van der Waals surface area contributed by atoms with Gasteiger partial charge in [-0.3, -0.25) is 4.79 Å². The topological polar surface area (TPSA) is 62.5 Å². The highest BCUT2D eigenvalue weighted by Crippen LogP contribution is 2.26. The molecule has 0 atom stereocenters. The molecule has 1 saturated carbocycles. The predicted octanol–water partition coefficient (Wildman–Crippen LogP) is 1.89. The average Bonchev–Trinajstić information content (AvgIpc) is 2.56. The number of carbonyl (C=O) groups excluding carboxylic acids is 1. The number of pyridine rings is 1. The Labute approximate surface area is 126 Å². The monoisotopic (exact) mass is 288 g/mol. The number of rotatable bonds is 2. The highest BCUT2D eigenvalue weighted by atomic mass is 16.2. The highest BCUT2D eigenvalue weighted by Gasteiger charge is 2.28. The number of hydrogen-bond acceptors (Lipinski definition) is 4. The molecule has 3 rings (SSSR count). The number of carbonyl (C=O) groups is 1. The molecular formula is C16H24N4O. The molecule has 0 radical (unpaired) electrons. The fourth-order valence-corrected chi connectivity index (χ4v) is 3.35. The smallest absolute Gasteiger partial charge is 0.225 e. The molecule has 2 fully saturated rings. The van der Waals surface area contributed by atoms with E-state index >= 15 is 0 Å². The van der Waals surface area contributed by atoms with E-state index in [4.69, 9.17) is 5.73 Å². The largest absolute Gasteiger partial charge is 0.397 e. The number of anilines is 2. The van der Waals surface area contributed by atoms with E-state index in [9.17, 15) is 4.79 Å². The molecule has 21 heavy (non-hydrogen) atoms. The zero-order valence-electron chi connectivity index (χ0n) is 12.5. The summed E-state index contributed by atoms with van der Waals surface area (Å²) in [6, 6.07) is 3.83. The third-order valence-corrected chi connectivity index (χ3v) is 4.64. The van der Waals surface area contributed by atoms with Crippen LogP contribution in [0.1, 0.15) is 32.1 Å². The van der Waals surface area contributed by atoms with Gasteiger partial charge in [0, 0.05) is 32.1 Å². The number of nitrogens with two attached hydrogens (primary N) is 1. The van der Waals surface area contributed by atoms with Crippen LogP contribution in [0.5, 0.6) is 0 Å². The van der Waals surface area contributed by atoms with Gasteiger partial charge in [0.1, 0.15) is 5.82 Å².